The summed E-state index contributed by atoms with van der Waals surface area (Å²) in [6.07, 6.45) is 0. The molecule has 3 aromatic carbocycles. The van der Waals surface area contributed by atoms with E-state index in [4.69, 9.17) is 9.47 Å². The van der Waals surface area contributed by atoms with Crippen LogP contribution in [0.5, 0.6) is 23.0 Å². The van der Waals surface area contributed by atoms with Crippen LogP contribution in [0.25, 0.3) is 0 Å². The molecular weight excluding hydrogens is 408 g/mol. The second-order valence-corrected chi connectivity index (χ2v) is 5.34. The number of carbonyl (C=O) groups excluding carboxylic acids is 2. The molecule has 3 rings (SSSR count). The topological polar surface area (TPSA) is 93.1 Å². The van der Waals surface area contributed by atoms with Gasteiger partial charge in [0.25, 0.3) is 0 Å². The fourth-order valence-electron chi connectivity index (χ4n) is 2.10. The van der Waals surface area contributed by atoms with Gasteiger partial charge in [0, 0.05) is 0 Å². The van der Waals surface area contributed by atoms with Gasteiger partial charge in [-0.2, -0.15) is 0 Å². The lowest BCUT2D eigenvalue weighted by Crippen LogP contribution is -2.09. The molecule has 0 aromatic heterocycles. The first-order valence-corrected chi connectivity index (χ1v) is 10.6. The zero-order chi connectivity index (χ0) is 24.5. The van der Waals surface area contributed by atoms with E-state index >= 15 is 0 Å². The van der Waals surface area contributed by atoms with E-state index in [1.807, 2.05) is 41.5 Å². The molecule has 0 amide bonds. The number of benzene rings is 3. The first kappa shape index (κ1) is 28.2. The van der Waals surface area contributed by atoms with Gasteiger partial charge < -0.3 is 19.7 Å². The second-order valence-electron chi connectivity index (χ2n) is 5.34. The van der Waals surface area contributed by atoms with Crippen molar-refractivity contribution in [1.82, 2.24) is 0 Å². The van der Waals surface area contributed by atoms with Crippen molar-refractivity contribution in [1.29, 1.82) is 0 Å². The lowest BCUT2D eigenvalue weighted by atomic mass is 10.2. The van der Waals surface area contributed by atoms with E-state index in [0.717, 1.165) is 0 Å². The summed E-state index contributed by atoms with van der Waals surface area (Å²) in [6, 6.07) is 17.4. The Morgan fingerprint density at radius 1 is 0.500 bits per heavy atom. The van der Waals surface area contributed by atoms with E-state index in [2.05, 4.69) is 0 Å². The normalized spacial score (nSPS) is 8.81. The summed E-state index contributed by atoms with van der Waals surface area (Å²) in [6.45, 7) is 12.0. The van der Waals surface area contributed by atoms with E-state index in [1.165, 1.54) is 72.8 Å². The Balaban J connectivity index is 0.00000148. The number of aromatic hydroxyl groups is 2. The van der Waals surface area contributed by atoms with Crippen LogP contribution in [-0.2, 0) is 0 Å². The SMILES string of the molecule is CC.CC.CC.O=C(Oc1ccc(OC(=O)c2ccc(O)cc2)cc1)c1ccc(O)cc1. The van der Waals surface area contributed by atoms with Gasteiger partial charge >= 0.3 is 11.9 Å². The van der Waals surface area contributed by atoms with Gasteiger partial charge in [0.15, 0.2) is 0 Å². The van der Waals surface area contributed by atoms with Crippen LogP contribution in [0.1, 0.15) is 62.3 Å². The van der Waals surface area contributed by atoms with E-state index < -0.39 is 11.9 Å². The molecule has 0 saturated heterocycles. The number of phenols is 2. The quantitative estimate of drug-likeness (QED) is 0.350. The summed E-state index contributed by atoms with van der Waals surface area (Å²) in [5.74, 6) is -0.458. The van der Waals surface area contributed by atoms with Gasteiger partial charge in [0.1, 0.15) is 23.0 Å². The Kier molecular flexibility index (Phi) is 14.1. The molecule has 0 spiro atoms. The van der Waals surface area contributed by atoms with Crippen LogP contribution in [0, 0.1) is 0 Å². The molecule has 3 aromatic rings. The molecule has 0 bridgehead atoms. The number of esters is 2. The monoisotopic (exact) mass is 440 g/mol. The molecule has 0 aliphatic carbocycles. The molecule has 0 saturated carbocycles. The van der Waals surface area contributed by atoms with Crippen molar-refractivity contribution in [2.24, 2.45) is 0 Å². The van der Waals surface area contributed by atoms with Crippen LogP contribution in [0.3, 0.4) is 0 Å². The first-order valence-electron chi connectivity index (χ1n) is 10.6. The molecule has 0 radical (unpaired) electrons. The summed E-state index contributed by atoms with van der Waals surface area (Å²) < 4.78 is 10.4. The largest absolute Gasteiger partial charge is 0.508 e. The van der Waals surface area contributed by atoms with Gasteiger partial charge in [-0.25, -0.2) is 9.59 Å². The van der Waals surface area contributed by atoms with E-state index in [-0.39, 0.29) is 23.0 Å². The van der Waals surface area contributed by atoms with Gasteiger partial charge in [0.2, 0.25) is 0 Å². The van der Waals surface area contributed by atoms with Crippen LogP contribution >= 0.6 is 0 Å². The number of hydrogen-bond acceptors (Lipinski definition) is 6. The number of ether oxygens (including phenoxy) is 2. The summed E-state index contributed by atoms with van der Waals surface area (Å²) in [7, 11) is 0. The van der Waals surface area contributed by atoms with Gasteiger partial charge in [0.05, 0.1) is 11.1 Å². The minimum Gasteiger partial charge on any atom is -0.508 e. The predicted octanol–water partition coefficient (Wildman–Crippen LogP) is 6.61. The van der Waals surface area contributed by atoms with Crippen LogP contribution in [0.4, 0.5) is 0 Å². The van der Waals surface area contributed by atoms with Gasteiger partial charge in [-0.15, -0.1) is 0 Å². The molecule has 172 valence electrons. The minimum atomic E-state index is -0.571. The summed E-state index contributed by atoms with van der Waals surface area (Å²) in [5, 5.41) is 18.4. The number of phenolic OH excluding ortho intramolecular Hbond substituents is 2. The van der Waals surface area contributed by atoms with E-state index in [1.54, 1.807) is 0 Å². The smallest absolute Gasteiger partial charge is 0.343 e. The third-order valence-corrected chi connectivity index (χ3v) is 3.45. The third kappa shape index (κ3) is 9.34. The number of rotatable bonds is 4. The molecule has 0 aliphatic rings. The Morgan fingerprint density at radius 2 is 0.750 bits per heavy atom. The molecule has 0 heterocycles. The van der Waals surface area contributed by atoms with E-state index in [9.17, 15) is 19.8 Å². The van der Waals surface area contributed by atoms with E-state index in [0.29, 0.717) is 11.1 Å². The first-order chi connectivity index (χ1) is 15.5. The molecular formula is C26H32O6. The standard InChI is InChI=1S/C20H14O6.3C2H6/c21-15-5-1-13(2-6-15)19(23)25-17-9-11-18(12-10-17)26-20(24)14-3-7-16(22)8-4-14;3*1-2/h1-12,21-22H;3*1-2H3. The van der Waals surface area contributed by atoms with Crippen molar-refractivity contribution in [3.05, 3.63) is 83.9 Å². The Hall–Kier alpha value is -3.80. The second kappa shape index (κ2) is 16.0. The molecule has 0 aliphatic heterocycles. The molecule has 6 heteroatoms. The molecule has 2 N–H and O–H groups in total. The van der Waals surface area contributed by atoms with Crippen LogP contribution in [0.2, 0.25) is 0 Å². The Bertz CT molecular complexity index is 836. The summed E-state index contributed by atoms with van der Waals surface area (Å²) in [5.41, 5.74) is 0.594. The van der Waals surface area contributed by atoms with Crippen LogP contribution in [-0.4, -0.2) is 22.2 Å². The predicted molar refractivity (Wildman–Crippen MR) is 127 cm³/mol. The molecule has 0 atom stereocenters. The summed E-state index contributed by atoms with van der Waals surface area (Å²) in [4.78, 5) is 24.0. The summed E-state index contributed by atoms with van der Waals surface area (Å²) >= 11 is 0. The van der Waals surface area contributed by atoms with Gasteiger partial charge in [-0.05, 0) is 72.8 Å². The van der Waals surface area contributed by atoms with Gasteiger partial charge in [-0.3, -0.25) is 0 Å². The average molecular weight is 441 g/mol. The fourth-order valence-corrected chi connectivity index (χ4v) is 2.10. The van der Waals surface area contributed by atoms with Crippen molar-refractivity contribution >= 4 is 11.9 Å². The highest BCUT2D eigenvalue weighted by Gasteiger charge is 2.11. The molecule has 0 fully saturated rings. The van der Waals surface area contributed by atoms with Crippen molar-refractivity contribution in [2.45, 2.75) is 41.5 Å². The van der Waals surface area contributed by atoms with Crippen molar-refractivity contribution in [3.63, 3.8) is 0 Å². The van der Waals surface area contributed by atoms with Crippen LogP contribution in [0.15, 0.2) is 72.8 Å². The minimum absolute atomic E-state index is 0.0568. The zero-order valence-corrected chi connectivity index (χ0v) is 19.5. The third-order valence-electron chi connectivity index (χ3n) is 3.45. The highest BCUT2D eigenvalue weighted by Crippen LogP contribution is 2.21. The number of hydrogen-bond donors (Lipinski definition) is 2. The highest BCUT2D eigenvalue weighted by atomic mass is 16.5. The molecule has 6 nitrogen and oxygen atoms in total. The average Bonchev–Trinajstić information content (AvgIpc) is 2.85. The zero-order valence-electron chi connectivity index (χ0n) is 19.5. The maximum atomic E-state index is 12.0. The van der Waals surface area contributed by atoms with Crippen molar-refractivity contribution in [3.8, 4) is 23.0 Å². The highest BCUT2D eigenvalue weighted by molar-refractivity contribution is 5.92. The molecule has 0 unspecified atom stereocenters. The maximum absolute atomic E-state index is 12.0. The van der Waals surface area contributed by atoms with Gasteiger partial charge in [-0.1, -0.05) is 41.5 Å². The number of carbonyl (C=O) groups is 2. The lowest BCUT2D eigenvalue weighted by molar-refractivity contribution is 0.0719. The van der Waals surface area contributed by atoms with Crippen molar-refractivity contribution in [2.75, 3.05) is 0 Å². The van der Waals surface area contributed by atoms with Crippen LogP contribution < -0.4 is 9.47 Å². The van der Waals surface area contributed by atoms with Crippen molar-refractivity contribution < 1.29 is 29.3 Å². The Morgan fingerprint density at radius 3 is 1.00 bits per heavy atom. The lowest BCUT2D eigenvalue weighted by Gasteiger charge is -2.07. The Labute approximate surface area is 190 Å². The maximum Gasteiger partial charge on any atom is 0.343 e. The molecule has 32 heavy (non-hydrogen) atoms. The fraction of sp³-hybridized carbons (Fsp3) is 0.231.